The van der Waals surface area contributed by atoms with E-state index in [4.69, 9.17) is 11.6 Å². The highest BCUT2D eigenvalue weighted by atomic mass is 35.5. The molecule has 0 aliphatic rings. The maximum Gasteiger partial charge on any atom is 0.127 e. The zero-order valence-electron chi connectivity index (χ0n) is 12.7. The number of hydrogen-bond acceptors (Lipinski definition) is 1. The van der Waals surface area contributed by atoms with E-state index in [1.807, 2.05) is 7.05 Å². The normalized spacial score (nSPS) is 12.4. The summed E-state index contributed by atoms with van der Waals surface area (Å²) in [7, 11) is 1.92. The Kier molecular flexibility index (Phi) is 5.38. The number of rotatable bonds is 5. The molecule has 0 aromatic heterocycles. The third kappa shape index (κ3) is 4.29. The Bertz CT molecular complexity index is 625. The molecule has 1 unspecified atom stereocenters. The molecule has 0 saturated heterocycles. The van der Waals surface area contributed by atoms with Crippen LogP contribution in [-0.2, 0) is 12.8 Å². The van der Waals surface area contributed by atoms with Crippen LogP contribution in [0.1, 0.15) is 22.3 Å². The van der Waals surface area contributed by atoms with Gasteiger partial charge < -0.3 is 5.32 Å². The van der Waals surface area contributed by atoms with Gasteiger partial charge in [-0.1, -0.05) is 41.4 Å². The van der Waals surface area contributed by atoms with E-state index in [-0.39, 0.29) is 11.9 Å². The average molecular weight is 306 g/mol. The second-order valence-corrected chi connectivity index (χ2v) is 6.00. The summed E-state index contributed by atoms with van der Waals surface area (Å²) in [5.74, 6) is -0.233. The molecule has 3 heteroatoms. The summed E-state index contributed by atoms with van der Waals surface area (Å²) < 4.78 is 13.9. The van der Waals surface area contributed by atoms with E-state index in [1.165, 1.54) is 22.8 Å². The predicted octanol–water partition coefficient (Wildman–Crippen LogP) is 4.47. The summed E-state index contributed by atoms with van der Waals surface area (Å²) in [6, 6.07) is 11.5. The molecule has 0 radical (unpaired) electrons. The van der Waals surface area contributed by atoms with E-state index >= 15 is 0 Å². The molecular formula is C18H21ClFN. The topological polar surface area (TPSA) is 12.0 Å². The van der Waals surface area contributed by atoms with Crippen molar-refractivity contribution in [2.45, 2.75) is 32.7 Å². The number of aryl methyl sites for hydroxylation is 2. The fourth-order valence-electron chi connectivity index (χ4n) is 2.51. The summed E-state index contributed by atoms with van der Waals surface area (Å²) in [6.07, 6.45) is 1.53. The first kappa shape index (κ1) is 16.0. The number of likely N-dealkylation sites (N-methyl/N-ethyl adjacent to an activating group) is 1. The Morgan fingerprint density at radius 2 is 1.76 bits per heavy atom. The van der Waals surface area contributed by atoms with Gasteiger partial charge in [-0.3, -0.25) is 0 Å². The van der Waals surface area contributed by atoms with Gasteiger partial charge in [-0.15, -0.1) is 0 Å². The Balaban J connectivity index is 2.14. The quantitative estimate of drug-likeness (QED) is 0.859. The van der Waals surface area contributed by atoms with Crippen molar-refractivity contribution in [2.75, 3.05) is 7.05 Å². The number of nitrogens with one attached hydrogen (secondary N) is 1. The lowest BCUT2D eigenvalue weighted by molar-refractivity contribution is 0.531. The Morgan fingerprint density at radius 3 is 2.43 bits per heavy atom. The number of benzene rings is 2. The molecule has 0 aliphatic heterocycles. The van der Waals surface area contributed by atoms with Crippen LogP contribution >= 0.6 is 11.6 Å². The van der Waals surface area contributed by atoms with Crippen LogP contribution in [0.4, 0.5) is 4.39 Å². The van der Waals surface area contributed by atoms with Crippen LogP contribution < -0.4 is 5.32 Å². The zero-order chi connectivity index (χ0) is 15.4. The van der Waals surface area contributed by atoms with Gasteiger partial charge in [-0.05, 0) is 62.6 Å². The van der Waals surface area contributed by atoms with Crippen LogP contribution in [0.15, 0.2) is 36.4 Å². The number of halogens is 2. The average Bonchev–Trinajstić information content (AvgIpc) is 2.44. The summed E-state index contributed by atoms with van der Waals surface area (Å²) in [4.78, 5) is 0. The molecular weight excluding hydrogens is 285 g/mol. The predicted molar refractivity (Wildman–Crippen MR) is 87.6 cm³/mol. The first-order valence-electron chi connectivity index (χ1n) is 7.17. The molecule has 112 valence electrons. The highest BCUT2D eigenvalue weighted by Gasteiger charge is 2.13. The fourth-order valence-corrected chi connectivity index (χ4v) is 2.67. The fraction of sp³-hybridized carbons (Fsp3) is 0.333. The van der Waals surface area contributed by atoms with Crippen molar-refractivity contribution in [1.82, 2.24) is 5.32 Å². The second-order valence-electron chi connectivity index (χ2n) is 5.56. The maximum absolute atomic E-state index is 13.9. The minimum atomic E-state index is -0.233. The van der Waals surface area contributed by atoms with Crippen LogP contribution in [0, 0.1) is 19.7 Å². The minimum absolute atomic E-state index is 0.196. The zero-order valence-corrected chi connectivity index (χ0v) is 13.5. The Hall–Kier alpha value is -1.38. The smallest absolute Gasteiger partial charge is 0.127 e. The molecule has 21 heavy (non-hydrogen) atoms. The largest absolute Gasteiger partial charge is 0.316 e. The van der Waals surface area contributed by atoms with Crippen LogP contribution in [-0.4, -0.2) is 13.1 Å². The van der Waals surface area contributed by atoms with Crippen molar-refractivity contribution in [2.24, 2.45) is 0 Å². The first-order valence-corrected chi connectivity index (χ1v) is 7.54. The second kappa shape index (κ2) is 7.06. The molecule has 2 aromatic carbocycles. The van der Waals surface area contributed by atoms with E-state index in [0.717, 1.165) is 6.42 Å². The van der Waals surface area contributed by atoms with Gasteiger partial charge in [0.05, 0.1) is 0 Å². The van der Waals surface area contributed by atoms with Crippen LogP contribution in [0.25, 0.3) is 0 Å². The van der Waals surface area contributed by atoms with Gasteiger partial charge in [0.25, 0.3) is 0 Å². The minimum Gasteiger partial charge on any atom is -0.316 e. The molecule has 0 saturated carbocycles. The molecule has 2 aromatic rings. The Labute approximate surface area is 131 Å². The molecule has 0 spiro atoms. The lowest BCUT2D eigenvalue weighted by atomic mass is 9.95. The van der Waals surface area contributed by atoms with Gasteiger partial charge in [0, 0.05) is 11.1 Å². The van der Waals surface area contributed by atoms with Crippen molar-refractivity contribution < 1.29 is 4.39 Å². The molecule has 0 aliphatic carbocycles. The monoisotopic (exact) mass is 305 g/mol. The van der Waals surface area contributed by atoms with Crippen LogP contribution in [0.5, 0.6) is 0 Å². The number of hydrogen-bond donors (Lipinski definition) is 1. The van der Waals surface area contributed by atoms with Crippen molar-refractivity contribution in [3.8, 4) is 0 Å². The van der Waals surface area contributed by atoms with Gasteiger partial charge in [0.1, 0.15) is 5.82 Å². The Morgan fingerprint density at radius 1 is 1.05 bits per heavy atom. The molecule has 1 N–H and O–H groups in total. The van der Waals surface area contributed by atoms with Gasteiger partial charge in [-0.2, -0.15) is 0 Å². The summed E-state index contributed by atoms with van der Waals surface area (Å²) >= 11 is 5.80. The first-order chi connectivity index (χ1) is 9.99. The van der Waals surface area contributed by atoms with Gasteiger partial charge in [0.2, 0.25) is 0 Å². The molecule has 0 fully saturated rings. The highest BCUT2D eigenvalue weighted by molar-refractivity contribution is 6.30. The lowest BCUT2D eigenvalue weighted by Gasteiger charge is -2.18. The van der Waals surface area contributed by atoms with E-state index in [0.29, 0.717) is 17.0 Å². The van der Waals surface area contributed by atoms with Gasteiger partial charge in [0.15, 0.2) is 0 Å². The van der Waals surface area contributed by atoms with Crippen molar-refractivity contribution in [3.63, 3.8) is 0 Å². The van der Waals surface area contributed by atoms with Crippen molar-refractivity contribution >= 4 is 11.6 Å². The lowest BCUT2D eigenvalue weighted by Crippen LogP contribution is -2.30. The highest BCUT2D eigenvalue weighted by Crippen LogP contribution is 2.18. The SMILES string of the molecule is CNC(Cc1cc(C)ccc1C)Cc1ccc(Cl)cc1F. The third-order valence-electron chi connectivity index (χ3n) is 3.86. The van der Waals surface area contributed by atoms with Crippen LogP contribution in [0.2, 0.25) is 5.02 Å². The summed E-state index contributed by atoms with van der Waals surface area (Å²) in [5, 5.41) is 3.72. The van der Waals surface area contributed by atoms with E-state index in [9.17, 15) is 4.39 Å². The van der Waals surface area contributed by atoms with Crippen LogP contribution in [0.3, 0.4) is 0 Å². The molecule has 1 atom stereocenters. The van der Waals surface area contributed by atoms with Gasteiger partial charge >= 0.3 is 0 Å². The molecule has 0 bridgehead atoms. The molecule has 0 amide bonds. The van der Waals surface area contributed by atoms with E-state index in [2.05, 4.69) is 37.4 Å². The van der Waals surface area contributed by atoms with Gasteiger partial charge in [-0.25, -0.2) is 4.39 Å². The third-order valence-corrected chi connectivity index (χ3v) is 4.10. The van der Waals surface area contributed by atoms with E-state index < -0.39 is 0 Å². The molecule has 1 nitrogen and oxygen atoms in total. The molecule has 0 heterocycles. The summed E-state index contributed by atoms with van der Waals surface area (Å²) in [5.41, 5.74) is 4.54. The van der Waals surface area contributed by atoms with Crippen molar-refractivity contribution in [1.29, 1.82) is 0 Å². The summed E-state index contributed by atoms with van der Waals surface area (Å²) in [6.45, 7) is 4.21. The molecule has 2 rings (SSSR count). The standard InChI is InChI=1S/C18H21ClFN/c1-12-4-5-13(2)15(8-12)10-17(21-3)9-14-6-7-16(19)11-18(14)20/h4-8,11,17,21H,9-10H2,1-3H3. The van der Waals surface area contributed by atoms with E-state index in [1.54, 1.807) is 12.1 Å². The maximum atomic E-state index is 13.9. The van der Waals surface area contributed by atoms with Crippen molar-refractivity contribution in [3.05, 3.63) is 69.5 Å².